The van der Waals surface area contributed by atoms with Crippen LogP contribution in [0.3, 0.4) is 0 Å². The molecule has 0 spiro atoms. The number of ether oxygens (including phenoxy) is 1. The third-order valence-electron chi connectivity index (χ3n) is 5.14. The Morgan fingerprint density at radius 2 is 1.40 bits per heavy atom. The van der Waals surface area contributed by atoms with Gasteiger partial charge in [0.1, 0.15) is 6.10 Å². The van der Waals surface area contributed by atoms with Gasteiger partial charge >= 0.3 is 11.9 Å². The van der Waals surface area contributed by atoms with Crippen LogP contribution >= 0.6 is 0 Å². The van der Waals surface area contributed by atoms with E-state index >= 15 is 0 Å². The summed E-state index contributed by atoms with van der Waals surface area (Å²) in [7, 11) is 0. The summed E-state index contributed by atoms with van der Waals surface area (Å²) in [6, 6.07) is 0. The summed E-state index contributed by atoms with van der Waals surface area (Å²) in [5.41, 5.74) is 0. The third kappa shape index (κ3) is 21.1. The SMILES string of the molecule is CCC/C=C\C/C=C\C(CCCCCCC(=O)O)OC(=O)CCCCCCCCC. The number of unbranched alkanes of at least 4 members (excludes halogenated alkanes) is 10. The minimum absolute atomic E-state index is 0.0920. The normalized spacial score (nSPS) is 12.6. The molecule has 0 amide bonds. The lowest BCUT2D eigenvalue weighted by Crippen LogP contribution is -2.16. The zero-order valence-electron chi connectivity index (χ0n) is 19.6. The summed E-state index contributed by atoms with van der Waals surface area (Å²) in [5, 5.41) is 8.70. The predicted octanol–water partition coefficient (Wildman–Crippen LogP) is 7.77. The van der Waals surface area contributed by atoms with Gasteiger partial charge in [0.15, 0.2) is 0 Å². The number of hydrogen-bond donors (Lipinski definition) is 1. The van der Waals surface area contributed by atoms with Gasteiger partial charge in [0.25, 0.3) is 0 Å². The quantitative estimate of drug-likeness (QED) is 0.117. The standard InChI is InChI=1S/C26H46O4/c1-3-5-7-9-11-13-19-23-26(29)30-24(20-16-12-10-8-6-4-2)21-17-14-15-18-22-25(27)28/h8,10,16,20,24H,3-7,9,11-15,17-19,21-23H2,1-2H3,(H,27,28)/b10-8-,20-16-. The van der Waals surface area contributed by atoms with Crippen LogP contribution in [0.5, 0.6) is 0 Å². The van der Waals surface area contributed by atoms with Crippen molar-refractivity contribution in [3.05, 3.63) is 24.3 Å². The molecule has 0 heterocycles. The Labute approximate surface area is 185 Å². The van der Waals surface area contributed by atoms with Crippen molar-refractivity contribution < 1.29 is 19.4 Å². The van der Waals surface area contributed by atoms with Crippen molar-refractivity contribution in [1.82, 2.24) is 0 Å². The van der Waals surface area contributed by atoms with E-state index in [1.54, 1.807) is 0 Å². The second-order valence-corrected chi connectivity index (χ2v) is 8.17. The van der Waals surface area contributed by atoms with Crippen molar-refractivity contribution in [3.63, 3.8) is 0 Å². The topological polar surface area (TPSA) is 63.6 Å². The Kier molecular flexibility index (Phi) is 20.9. The third-order valence-corrected chi connectivity index (χ3v) is 5.14. The van der Waals surface area contributed by atoms with Crippen LogP contribution in [-0.4, -0.2) is 23.1 Å². The molecule has 0 bridgehead atoms. The molecular weight excluding hydrogens is 376 g/mol. The highest BCUT2D eigenvalue weighted by Crippen LogP contribution is 2.14. The highest BCUT2D eigenvalue weighted by atomic mass is 16.5. The molecule has 0 saturated carbocycles. The van der Waals surface area contributed by atoms with Crippen LogP contribution in [0.1, 0.15) is 123 Å². The minimum Gasteiger partial charge on any atom is -0.481 e. The van der Waals surface area contributed by atoms with Crippen LogP contribution in [-0.2, 0) is 14.3 Å². The summed E-state index contributed by atoms with van der Waals surface area (Å²) in [5.74, 6) is -0.822. The van der Waals surface area contributed by atoms with Crippen molar-refractivity contribution in [3.8, 4) is 0 Å². The zero-order valence-corrected chi connectivity index (χ0v) is 19.6. The average molecular weight is 423 g/mol. The van der Waals surface area contributed by atoms with E-state index in [1.807, 2.05) is 6.08 Å². The smallest absolute Gasteiger partial charge is 0.306 e. The van der Waals surface area contributed by atoms with E-state index in [4.69, 9.17) is 9.84 Å². The second kappa shape index (κ2) is 22.1. The molecule has 1 N–H and O–H groups in total. The van der Waals surface area contributed by atoms with Gasteiger partial charge in [0.05, 0.1) is 0 Å². The van der Waals surface area contributed by atoms with Crippen LogP contribution in [0.15, 0.2) is 24.3 Å². The number of hydrogen-bond acceptors (Lipinski definition) is 3. The molecule has 0 aromatic rings. The number of esters is 1. The first kappa shape index (κ1) is 28.4. The largest absolute Gasteiger partial charge is 0.481 e. The first-order valence-corrected chi connectivity index (χ1v) is 12.3. The monoisotopic (exact) mass is 422 g/mol. The van der Waals surface area contributed by atoms with Gasteiger partial charge in [-0.2, -0.15) is 0 Å². The highest BCUT2D eigenvalue weighted by molar-refractivity contribution is 5.69. The number of aliphatic carboxylic acids is 1. The van der Waals surface area contributed by atoms with E-state index in [0.29, 0.717) is 6.42 Å². The van der Waals surface area contributed by atoms with E-state index in [9.17, 15) is 9.59 Å². The Morgan fingerprint density at radius 1 is 0.767 bits per heavy atom. The first-order chi connectivity index (χ1) is 14.6. The van der Waals surface area contributed by atoms with Crippen LogP contribution in [0.25, 0.3) is 0 Å². The molecule has 0 aliphatic heterocycles. The van der Waals surface area contributed by atoms with Gasteiger partial charge in [-0.3, -0.25) is 9.59 Å². The maximum Gasteiger partial charge on any atom is 0.306 e. The van der Waals surface area contributed by atoms with E-state index in [-0.39, 0.29) is 18.5 Å². The second-order valence-electron chi connectivity index (χ2n) is 8.17. The van der Waals surface area contributed by atoms with Crippen LogP contribution < -0.4 is 0 Å². The van der Waals surface area contributed by atoms with Gasteiger partial charge in [-0.25, -0.2) is 0 Å². The van der Waals surface area contributed by atoms with E-state index in [0.717, 1.165) is 64.2 Å². The van der Waals surface area contributed by atoms with Crippen LogP contribution in [0.2, 0.25) is 0 Å². The molecule has 0 aliphatic carbocycles. The van der Waals surface area contributed by atoms with E-state index in [1.165, 1.54) is 32.1 Å². The van der Waals surface area contributed by atoms with Gasteiger partial charge in [-0.15, -0.1) is 0 Å². The number of carbonyl (C=O) groups excluding carboxylic acids is 1. The predicted molar refractivity (Wildman–Crippen MR) is 126 cm³/mol. The van der Waals surface area contributed by atoms with Gasteiger partial charge in [-0.05, 0) is 44.6 Å². The molecule has 4 heteroatoms. The molecule has 0 rings (SSSR count). The van der Waals surface area contributed by atoms with Crippen molar-refractivity contribution in [2.24, 2.45) is 0 Å². The maximum atomic E-state index is 12.2. The molecule has 174 valence electrons. The molecule has 30 heavy (non-hydrogen) atoms. The lowest BCUT2D eigenvalue weighted by molar-refractivity contribution is -0.147. The van der Waals surface area contributed by atoms with Gasteiger partial charge in [-0.1, -0.05) is 89.9 Å². The molecule has 1 unspecified atom stereocenters. The fourth-order valence-electron chi connectivity index (χ4n) is 3.31. The van der Waals surface area contributed by atoms with E-state index in [2.05, 4.69) is 32.1 Å². The molecule has 0 fully saturated rings. The average Bonchev–Trinajstić information content (AvgIpc) is 2.71. The van der Waals surface area contributed by atoms with Gasteiger partial charge in [0, 0.05) is 12.8 Å². The number of carbonyl (C=O) groups is 2. The van der Waals surface area contributed by atoms with Gasteiger partial charge in [0.2, 0.25) is 0 Å². The molecule has 0 aromatic heterocycles. The Morgan fingerprint density at radius 3 is 2.07 bits per heavy atom. The zero-order chi connectivity index (χ0) is 22.3. The fraction of sp³-hybridized carbons (Fsp3) is 0.769. The Hall–Kier alpha value is -1.58. The molecule has 0 saturated heterocycles. The Balaban J connectivity index is 4.20. The highest BCUT2D eigenvalue weighted by Gasteiger charge is 2.11. The summed E-state index contributed by atoms with van der Waals surface area (Å²) in [6.45, 7) is 4.38. The number of rotatable bonds is 21. The summed E-state index contributed by atoms with van der Waals surface area (Å²) >= 11 is 0. The van der Waals surface area contributed by atoms with Crippen LogP contribution in [0, 0.1) is 0 Å². The number of carboxylic acid groups (broad SMARTS) is 1. The molecule has 0 aromatic carbocycles. The first-order valence-electron chi connectivity index (χ1n) is 12.3. The summed E-state index contributed by atoms with van der Waals surface area (Å²) in [4.78, 5) is 22.8. The Bertz CT molecular complexity index is 468. The summed E-state index contributed by atoms with van der Waals surface area (Å²) in [6.07, 6.45) is 24.9. The molecule has 0 radical (unpaired) electrons. The number of allylic oxidation sites excluding steroid dienone is 3. The van der Waals surface area contributed by atoms with Crippen molar-refractivity contribution >= 4 is 11.9 Å². The molecule has 1 atom stereocenters. The molecule has 0 aliphatic rings. The van der Waals surface area contributed by atoms with Gasteiger partial charge < -0.3 is 9.84 Å². The molecular formula is C26H46O4. The lowest BCUT2D eigenvalue weighted by Gasteiger charge is -2.14. The number of carboxylic acids is 1. The maximum absolute atomic E-state index is 12.2. The van der Waals surface area contributed by atoms with Crippen molar-refractivity contribution in [2.75, 3.05) is 0 Å². The van der Waals surface area contributed by atoms with Crippen LogP contribution in [0.4, 0.5) is 0 Å². The minimum atomic E-state index is -0.730. The lowest BCUT2D eigenvalue weighted by atomic mass is 10.1. The van der Waals surface area contributed by atoms with Crippen molar-refractivity contribution in [1.29, 1.82) is 0 Å². The van der Waals surface area contributed by atoms with E-state index < -0.39 is 5.97 Å². The molecule has 4 nitrogen and oxygen atoms in total. The fourth-order valence-corrected chi connectivity index (χ4v) is 3.31. The van der Waals surface area contributed by atoms with Crippen molar-refractivity contribution in [2.45, 2.75) is 129 Å². The summed E-state index contributed by atoms with van der Waals surface area (Å²) < 4.78 is 5.72.